The first-order chi connectivity index (χ1) is 15.7. The van der Waals surface area contributed by atoms with Gasteiger partial charge in [0.25, 0.3) is 0 Å². The van der Waals surface area contributed by atoms with E-state index in [-0.39, 0.29) is 16.4 Å². The number of hydrogen-bond acceptors (Lipinski definition) is 6. The summed E-state index contributed by atoms with van der Waals surface area (Å²) in [4.78, 5) is 12.9. The molecule has 3 atom stereocenters. The van der Waals surface area contributed by atoms with Crippen LogP contribution in [-0.2, 0) is 21.1 Å². The number of nitriles is 2. The Balaban J connectivity index is 1.47. The summed E-state index contributed by atoms with van der Waals surface area (Å²) in [6.07, 6.45) is 5.29. The Bertz CT molecular complexity index is 1250. The molecule has 1 saturated carbocycles. The number of rotatable bonds is 6. The van der Waals surface area contributed by atoms with Crippen molar-refractivity contribution >= 4 is 15.7 Å². The first kappa shape index (κ1) is 23.0. The number of nitrogens with zero attached hydrogens (tertiary/aromatic N) is 2. The minimum absolute atomic E-state index is 0.00341. The van der Waals surface area contributed by atoms with Crippen LogP contribution in [0.4, 0.5) is 0 Å². The van der Waals surface area contributed by atoms with Gasteiger partial charge >= 0.3 is 0 Å². The molecule has 1 saturated heterocycles. The number of carbonyl (C=O) groups is 1. The maximum Gasteiger partial charge on any atom is 0.241 e. The fraction of sp³-hybridized carbons (Fsp3) is 0.400. The van der Waals surface area contributed by atoms with Gasteiger partial charge in [-0.05, 0) is 60.5 Å². The fourth-order valence-corrected chi connectivity index (χ4v) is 5.80. The molecule has 33 heavy (non-hydrogen) atoms. The van der Waals surface area contributed by atoms with Crippen molar-refractivity contribution in [1.29, 1.82) is 10.5 Å². The van der Waals surface area contributed by atoms with E-state index >= 15 is 0 Å². The van der Waals surface area contributed by atoms with Gasteiger partial charge in [-0.3, -0.25) is 4.79 Å². The lowest BCUT2D eigenvalue weighted by Gasteiger charge is -2.32. The molecular formula is C25H26N4O3S. The van der Waals surface area contributed by atoms with Crippen LogP contribution in [0.25, 0.3) is 11.1 Å². The largest absolute Gasteiger partial charge is 0.338 e. The van der Waals surface area contributed by atoms with E-state index in [1.807, 2.05) is 30.3 Å². The molecule has 2 aromatic rings. The summed E-state index contributed by atoms with van der Waals surface area (Å²) in [6, 6.07) is 15.6. The molecule has 4 rings (SSSR count). The second kappa shape index (κ2) is 8.97. The molecule has 2 N–H and O–H groups in total. The molecular weight excluding hydrogens is 436 g/mol. The van der Waals surface area contributed by atoms with Gasteiger partial charge < -0.3 is 10.6 Å². The summed E-state index contributed by atoms with van der Waals surface area (Å²) in [5.74, 6) is 0.460. The van der Waals surface area contributed by atoms with Crippen LogP contribution in [0.3, 0.4) is 0 Å². The minimum atomic E-state index is -3.53. The standard InChI is InChI=1S/C25H26N4O3S/c1-33(31,32)23-12-20(8-9-21(23)14-26)19-6-4-17(5-7-19)11-22(15-27)29-24(30)25-10-2-3-18(13-25)16-28-25/h4-9,12,18,22,28H,2-3,10-11,13,16H2,1H3,(H,29,30)/t18?,22-,25+/m0/s1. The molecule has 7 nitrogen and oxygen atoms in total. The fourth-order valence-electron chi connectivity index (χ4n) is 4.95. The van der Waals surface area contributed by atoms with Crippen LogP contribution in [0.2, 0.25) is 0 Å². The first-order valence-corrected chi connectivity index (χ1v) is 12.9. The topological polar surface area (TPSA) is 123 Å². The van der Waals surface area contributed by atoms with Gasteiger partial charge in [-0.2, -0.15) is 10.5 Å². The van der Waals surface area contributed by atoms with Crippen molar-refractivity contribution in [2.75, 3.05) is 12.8 Å². The van der Waals surface area contributed by atoms with Gasteiger partial charge in [0.15, 0.2) is 9.84 Å². The highest BCUT2D eigenvalue weighted by Crippen LogP contribution is 2.37. The van der Waals surface area contributed by atoms with Crippen molar-refractivity contribution in [3.63, 3.8) is 0 Å². The van der Waals surface area contributed by atoms with Crippen molar-refractivity contribution in [3.05, 3.63) is 53.6 Å². The van der Waals surface area contributed by atoms with Crippen molar-refractivity contribution in [3.8, 4) is 23.3 Å². The molecule has 2 aliphatic rings. The summed E-state index contributed by atoms with van der Waals surface area (Å²) in [6.45, 7) is 0.864. The molecule has 1 unspecified atom stereocenters. The van der Waals surface area contributed by atoms with Gasteiger partial charge in [-0.1, -0.05) is 36.8 Å². The zero-order valence-electron chi connectivity index (χ0n) is 18.5. The monoisotopic (exact) mass is 462 g/mol. The molecule has 1 aliphatic heterocycles. The quantitative estimate of drug-likeness (QED) is 0.680. The summed E-state index contributed by atoms with van der Waals surface area (Å²) in [5.41, 5.74) is 1.96. The highest BCUT2D eigenvalue weighted by atomic mass is 32.2. The number of amides is 1. The minimum Gasteiger partial charge on any atom is -0.338 e. The molecule has 0 spiro atoms. The highest BCUT2D eigenvalue weighted by Gasteiger charge is 2.47. The molecule has 170 valence electrons. The Morgan fingerprint density at radius 1 is 1.21 bits per heavy atom. The van der Waals surface area contributed by atoms with Crippen LogP contribution < -0.4 is 10.6 Å². The van der Waals surface area contributed by atoms with E-state index in [0.29, 0.717) is 17.9 Å². The Hall–Kier alpha value is -3.20. The summed E-state index contributed by atoms with van der Waals surface area (Å²) < 4.78 is 24.1. The van der Waals surface area contributed by atoms with Crippen LogP contribution in [0.5, 0.6) is 0 Å². The predicted molar refractivity (Wildman–Crippen MR) is 124 cm³/mol. The van der Waals surface area contributed by atoms with E-state index in [1.165, 1.54) is 12.1 Å². The van der Waals surface area contributed by atoms with E-state index in [2.05, 4.69) is 16.7 Å². The molecule has 0 aromatic heterocycles. The molecule has 2 bridgehead atoms. The maximum atomic E-state index is 12.9. The smallest absolute Gasteiger partial charge is 0.241 e. The number of nitrogens with one attached hydrogen (secondary N) is 2. The van der Waals surface area contributed by atoms with Gasteiger partial charge in [0.1, 0.15) is 12.1 Å². The van der Waals surface area contributed by atoms with Crippen molar-refractivity contribution in [1.82, 2.24) is 10.6 Å². The van der Waals surface area contributed by atoms with E-state index in [1.54, 1.807) is 6.07 Å². The normalized spacial score (nSPS) is 22.7. The second-order valence-corrected chi connectivity index (χ2v) is 11.1. The van der Waals surface area contributed by atoms with Crippen LogP contribution in [0.15, 0.2) is 47.4 Å². The van der Waals surface area contributed by atoms with E-state index in [4.69, 9.17) is 0 Å². The van der Waals surface area contributed by atoms with Crippen molar-refractivity contribution in [2.24, 2.45) is 5.92 Å². The van der Waals surface area contributed by atoms with Crippen LogP contribution in [-0.4, -0.2) is 38.7 Å². The van der Waals surface area contributed by atoms with Crippen molar-refractivity contribution in [2.45, 2.75) is 48.6 Å². The van der Waals surface area contributed by atoms with E-state index in [0.717, 1.165) is 49.6 Å². The Labute approximate surface area is 194 Å². The molecule has 0 radical (unpaired) electrons. The SMILES string of the molecule is CS(=O)(=O)c1cc(-c2ccc(C[C@@H](C#N)NC(=O)[C@]34CCCC(CN3)C4)cc2)ccc1C#N. The molecule has 1 aliphatic carbocycles. The first-order valence-electron chi connectivity index (χ1n) is 11.0. The zero-order chi connectivity index (χ0) is 23.6. The Morgan fingerprint density at radius 3 is 2.61 bits per heavy atom. The Kier molecular flexibility index (Phi) is 6.25. The third kappa shape index (κ3) is 4.78. The van der Waals surface area contributed by atoms with Gasteiger partial charge in [0.2, 0.25) is 5.91 Å². The number of carbonyl (C=O) groups excluding carboxylic acids is 1. The highest BCUT2D eigenvalue weighted by molar-refractivity contribution is 7.90. The van der Waals surface area contributed by atoms with Crippen LogP contribution in [0.1, 0.15) is 36.8 Å². The average molecular weight is 463 g/mol. The second-order valence-electron chi connectivity index (χ2n) is 9.08. The average Bonchev–Trinajstić information content (AvgIpc) is 3.12. The molecule has 8 heteroatoms. The summed E-state index contributed by atoms with van der Waals surface area (Å²) in [5, 5.41) is 25.1. The number of sulfone groups is 1. The number of hydrogen-bond donors (Lipinski definition) is 2. The lowest BCUT2D eigenvalue weighted by molar-refractivity contribution is -0.128. The predicted octanol–water partition coefficient (Wildman–Crippen LogP) is 2.71. The summed E-state index contributed by atoms with van der Waals surface area (Å²) in [7, 11) is -3.53. The molecule has 2 aromatic carbocycles. The summed E-state index contributed by atoms with van der Waals surface area (Å²) >= 11 is 0. The lowest BCUT2D eigenvalue weighted by Crippen LogP contribution is -2.56. The third-order valence-electron chi connectivity index (χ3n) is 6.71. The molecule has 1 heterocycles. The van der Waals surface area contributed by atoms with Crippen LogP contribution in [0, 0.1) is 28.6 Å². The molecule has 1 amide bonds. The van der Waals surface area contributed by atoms with Gasteiger partial charge in [-0.25, -0.2) is 8.42 Å². The van der Waals surface area contributed by atoms with E-state index < -0.39 is 21.4 Å². The number of fused-ring (bicyclic) bond motifs is 2. The third-order valence-corrected chi connectivity index (χ3v) is 7.84. The Morgan fingerprint density at radius 2 is 1.94 bits per heavy atom. The molecule has 2 fully saturated rings. The van der Waals surface area contributed by atoms with Gasteiger partial charge in [-0.15, -0.1) is 0 Å². The number of benzene rings is 2. The zero-order valence-corrected chi connectivity index (χ0v) is 19.3. The van der Waals surface area contributed by atoms with Gasteiger partial charge in [0, 0.05) is 12.7 Å². The maximum absolute atomic E-state index is 12.9. The van der Waals surface area contributed by atoms with E-state index in [9.17, 15) is 23.7 Å². The van der Waals surface area contributed by atoms with Crippen LogP contribution >= 0.6 is 0 Å². The lowest BCUT2D eigenvalue weighted by atomic mass is 9.79. The van der Waals surface area contributed by atoms with Crippen molar-refractivity contribution < 1.29 is 13.2 Å². The van der Waals surface area contributed by atoms with Gasteiger partial charge in [0.05, 0.1) is 22.1 Å².